The summed E-state index contributed by atoms with van der Waals surface area (Å²) in [5, 5.41) is 12.6. The molecule has 0 aliphatic carbocycles. The number of carbonyl (C=O) groups is 2. The molecule has 1 aromatic carbocycles. The van der Waals surface area contributed by atoms with Crippen LogP contribution in [0.3, 0.4) is 0 Å². The number of unbranched alkanes of at least 4 members (excludes halogenated alkanes) is 2. The fraction of sp³-hybridized carbons (Fsp3) is 0.429. The summed E-state index contributed by atoms with van der Waals surface area (Å²) in [6, 6.07) is 6.76. The van der Waals surface area contributed by atoms with Crippen molar-refractivity contribution >= 4 is 11.9 Å². The Balaban J connectivity index is 2.61. The van der Waals surface area contributed by atoms with E-state index in [4.69, 9.17) is 4.74 Å². The Hall–Kier alpha value is -2.04. The lowest BCUT2D eigenvalue weighted by Crippen LogP contribution is -2.37. The molecule has 0 atom stereocenters. The van der Waals surface area contributed by atoms with Gasteiger partial charge in [0.2, 0.25) is 0 Å². The highest BCUT2D eigenvalue weighted by Gasteiger charge is 2.11. The molecular weight excluding hydrogens is 246 g/mol. The third-order valence-corrected chi connectivity index (χ3v) is 2.53. The molecule has 0 aliphatic heterocycles. The van der Waals surface area contributed by atoms with Gasteiger partial charge in [-0.25, -0.2) is 0 Å². The molecule has 1 N–H and O–H groups in total. The van der Waals surface area contributed by atoms with E-state index in [2.05, 4.69) is 12.2 Å². The summed E-state index contributed by atoms with van der Waals surface area (Å²) in [5.41, 5.74) is 0.334. The molecule has 0 heterocycles. The van der Waals surface area contributed by atoms with Crippen LogP contribution >= 0.6 is 0 Å². The Morgan fingerprint density at radius 3 is 2.68 bits per heavy atom. The predicted molar refractivity (Wildman–Crippen MR) is 68.8 cm³/mol. The van der Waals surface area contributed by atoms with Gasteiger partial charge in [0, 0.05) is 0 Å². The van der Waals surface area contributed by atoms with Gasteiger partial charge in [-0.3, -0.25) is 4.79 Å². The van der Waals surface area contributed by atoms with E-state index < -0.39 is 18.4 Å². The third kappa shape index (κ3) is 5.42. The fourth-order valence-corrected chi connectivity index (χ4v) is 1.56. The quantitative estimate of drug-likeness (QED) is 0.702. The number of nitrogens with one attached hydrogen (secondary N) is 1. The first-order valence-electron chi connectivity index (χ1n) is 6.35. The normalized spacial score (nSPS) is 9.95. The molecule has 1 amide bonds. The Labute approximate surface area is 112 Å². The Morgan fingerprint density at radius 1 is 1.26 bits per heavy atom. The number of hydrogen-bond acceptors (Lipinski definition) is 4. The standard InChI is InChI=1S/C14H19NO4/c1-2-3-6-9-19-12-8-5-4-7-11(12)14(18)15-10-13(16)17/h4-5,7-8H,2-3,6,9-10H2,1H3,(H,15,18)(H,16,17)/p-1. The largest absolute Gasteiger partial charge is 0.548 e. The first-order chi connectivity index (χ1) is 9.15. The van der Waals surface area contributed by atoms with Gasteiger partial charge in [-0.05, 0) is 18.6 Å². The summed E-state index contributed by atoms with van der Waals surface area (Å²) in [4.78, 5) is 22.1. The van der Waals surface area contributed by atoms with Crippen LogP contribution in [0, 0.1) is 0 Å². The molecule has 0 saturated carbocycles. The molecule has 104 valence electrons. The fourth-order valence-electron chi connectivity index (χ4n) is 1.56. The van der Waals surface area contributed by atoms with Crippen molar-refractivity contribution in [3.05, 3.63) is 29.8 Å². The highest BCUT2D eigenvalue weighted by molar-refractivity contribution is 5.98. The van der Waals surface area contributed by atoms with Crippen molar-refractivity contribution in [1.82, 2.24) is 5.32 Å². The number of para-hydroxylation sites is 1. The summed E-state index contributed by atoms with van der Waals surface area (Å²) in [5.74, 6) is -1.33. The summed E-state index contributed by atoms with van der Waals surface area (Å²) >= 11 is 0. The molecule has 5 heteroatoms. The minimum atomic E-state index is -1.32. The number of rotatable bonds is 8. The third-order valence-electron chi connectivity index (χ3n) is 2.53. The maximum atomic E-state index is 11.8. The van der Waals surface area contributed by atoms with Crippen molar-refractivity contribution in [3.8, 4) is 5.75 Å². The lowest BCUT2D eigenvalue weighted by Gasteiger charge is -2.11. The highest BCUT2D eigenvalue weighted by atomic mass is 16.5. The number of carboxylic acid groups (broad SMARTS) is 1. The van der Waals surface area contributed by atoms with Crippen molar-refractivity contribution in [2.75, 3.05) is 13.2 Å². The van der Waals surface area contributed by atoms with Crippen LogP contribution in [0.25, 0.3) is 0 Å². The van der Waals surface area contributed by atoms with Gasteiger partial charge >= 0.3 is 0 Å². The number of benzene rings is 1. The monoisotopic (exact) mass is 264 g/mol. The number of carboxylic acids is 1. The molecule has 5 nitrogen and oxygen atoms in total. The maximum absolute atomic E-state index is 11.8. The number of hydrogen-bond donors (Lipinski definition) is 1. The molecule has 0 saturated heterocycles. The minimum absolute atomic E-state index is 0.334. The van der Waals surface area contributed by atoms with Gasteiger partial charge in [0.15, 0.2) is 0 Å². The molecular formula is C14H18NO4-. The van der Waals surface area contributed by atoms with E-state index in [0.29, 0.717) is 17.9 Å². The average molecular weight is 264 g/mol. The topological polar surface area (TPSA) is 78.5 Å². The van der Waals surface area contributed by atoms with Gasteiger partial charge in [0.05, 0.1) is 24.7 Å². The van der Waals surface area contributed by atoms with Gasteiger partial charge in [-0.15, -0.1) is 0 Å². The Kier molecular flexibility index (Phi) is 6.43. The molecule has 0 spiro atoms. The first-order valence-corrected chi connectivity index (χ1v) is 6.35. The lowest BCUT2D eigenvalue weighted by molar-refractivity contribution is -0.303. The molecule has 1 aromatic rings. The van der Waals surface area contributed by atoms with Crippen molar-refractivity contribution in [1.29, 1.82) is 0 Å². The molecule has 0 fully saturated rings. The van der Waals surface area contributed by atoms with Gasteiger partial charge in [0.1, 0.15) is 5.75 Å². The van der Waals surface area contributed by atoms with Crippen molar-refractivity contribution in [3.63, 3.8) is 0 Å². The summed E-state index contributed by atoms with van der Waals surface area (Å²) in [7, 11) is 0. The zero-order valence-electron chi connectivity index (χ0n) is 11.0. The second-order valence-electron chi connectivity index (χ2n) is 4.11. The number of carbonyl (C=O) groups excluding carboxylic acids is 2. The van der Waals surface area contributed by atoms with E-state index >= 15 is 0 Å². The zero-order valence-corrected chi connectivity index (χ0v) is 11.0. The van der Waals surface area contributed by atoms with Crippen molar-refractivity contribution < 1.29 is 19.4 Å². The molecule has 0 radical (unpaired) electrons. The average Bonchev–Trinajstić information content (AvgIpc) is 2.41. The van der Waals surface area contributed by atoms with Gasteiger partial charge in [0.25, 0.3) is 5.91 Å². The summed E-state index contributed by atoms with van der Waals surface area (Å²) in [6.07, 6.45) is 3.08. The van der Waals surface area contributed by atoms with Gasteiger partial charge in [-0.2, -0.15) is 0 Å². The van der Waals surface area contributed by atoms with E-state index in [-0.39, 0.29) is 0 Å². The van der Waals surface area contributed by atoms with Gasteiger partial charge < -0.3 is 20.0 Å². The van der Waals surface area contributed by atoms with Crippen molar-refractivity contribution in [2.24, 2.45) is 0 Å². The Bertz CT molecular complexity index is 431. The number of amides is 1. The van der Waals surface area contributed by atoms with E-state index in [1.54, 1.807) is 24.3 Å². The number of ether oxygens (including phenoxy) is 1. The van der Waals surface area contributed by atoms with E-state index in [9.17, 15) is 14.7 Å². The van der Waals surface area contributed by atoms with Crippen LogP contribution in [0.2, 0.25) is 0 Å². The minimum Gasteiger partial charge on any atom is -0.548 e. The van der Waals surface area contributed by atoms with Crippen LogP contribution < -0.4 is 15.2 Å². The molecule has 0 aromatic heterocycles. The van der Waals surface area contributed by atoms with E-state index in [1.165, 1.54) is 0 Å². The van der Waals surface area contributed by atoms with Crippen LogP contribution in [-0.2, 0) is 4.79 Å². The first kappa shape index (κ1) is 15.0. The van der Waals surface area contributed by atoms with Crippen LogP contribution in [0.5, 0.6) is 5.75 Å². The molecule has 0 aliphatic rings. The van der Waals surface area contributed by atoms with Crippen molar-refractivity contribution in [2.45, 2.75) is 26.2 Å². The van der Waals surface area contributed by atoms with Crippen LogP contribution in [0.4, 0.5) is 0 Å². The summed E-state index contributed by atoms with van der Waals surface area (Å²) < 4.78 is 5.54. The maximum Gasteiger partial charge on any atom is 0.255 e. The molecule has 19 heavy (non-hydrogen) atoms. The Morgan fingerprint density at radius 2 is 2.00 bits per heavy atom. The second kappa shape index (κ2) is 8.13. The number of aliphatic carboxylic acids is 1. The predicted octanol–water partition coefficient (Wildman–Crippen LogP) is 0.735. The molecule has 0 unspecified atom stereocenters. The molecule has 1 rings (SSSR count). The molecule has 0 bridgehead atoms. The smallest absolute Gasteiger partial charge is 0.255 e. The van der Waals surface area contributed by atoms with E-state index in [1.807, 2.05) is 0 Å². The second-order valence-corrected chi connectivity index (χ2v) is 4.11. The van der Waals surface area contributed by atoms with Crippen LogP contribution in [-0.4, -0.2) is 25.0 Å². The van der Waals surface area contributed by atoms with Crippen LogP contribution in [0.1, 0.15) is 36.5 Å². The summed E-state index contributed by atoms with van der Waals surface area (Å²) in [6.45, 7) is 2.13. The highest BCUT2D eigenvalue weighted by Crippen LogP contribution is 2.18. The zero-order chi connectivity index (χ0) is 14.1. The lowest BCUT2D eigenvalue weighted by atomic mass is 10.2. The van der Waals surface area contributed by atoms with E-state index in [0.717, 1.165) is 19.3 Å². The van der Waals surface area contributed by atoms with Crippen LogP contribution in [0.15, 0.2) is 24.3 Å². The van der Waals surface area contributed by atoms with Gasteiger partial charge in [-0.1, -0.05) is 31.9 Å². The SMILES string of the molecule is CCCCCOc1ccccc1C(=O)NCC(=O)[O-].